The zero-order valence-corrected chi connectivity index (χ0v) is 12.1. The van der Waals surface area contributed by atoms with Crippen molar-refractivity contribution >= 4 is 33.3 Å². The summed E-state index contributed by atoms with van der Waals surface area (Å²) in [5.74, 6) is 1.27. The fourth-order valence-corrected chi connectivity index (χ4v) is 3.64. The van der Waals surface area contributed by atoms with E-state index in [0.29, 0.717) is 22.3 Å². The molecule has 4 rings (SSSR count). The molecule has 0 spiro atoms. The summed E-state index contributed by atoms with van der Waals surface area (Å²) in [6, 6.07) is 2.43. The summed E-state index contributed by atoms with van der Waals surface area (Å²) < 4.78 is 2.78. The van der Waals surface area contributed by atoms with Crippen molar-refractivity contribution in [2.24, 2.45) is 0 Å². The van der Waals surface area contributed by atoms with Crippen LogP contribution in [0.1, 0.15) is 24.7 Å². The molecule has 3 aromatic heterocycles. The van der Waals surface area contributed by atoms with Gasteiger partial charge in [0.1, 0.15) is 16.9 Å². The van der Waals surface area contributed by atoms with Crippen LogP contribution in [0.2, 0.25) is 0 Å². The number of fused-ring (bicyclic) bond motifs is 1. The smallest absolute Gasteiger partial charge is 0.268 e. The van der Waals surface area contributed by atoms with Crippen LogP contribution < -0.4 is 5.56 Å². The maximum atomic E-state index is 11.9. The number of thioether (sulfide) groups is 1. The van der Waals surface area contributed by atoms with Crippen LogP contribution in [0.25, 0.3) is 10.2 Å². The summed E-state index contributed by atoms with van der Waals surface area (Å²) >= 11 is 2.97. The highest BCUT2D eigenvalue weighted by Gasteiger charge is 2.26. The number of hydrogen-bond acceptors (Lipinski definition) is 6. The van der Waals surface area contributed by atoms with Crippen molar-refractivity contribution in [3.05, 3.63) is 34.0 Å². The van der Waals surface area contributed by atoms with E-state index in [9.17, 15) is 4.79 Å². The lowest BCUT2D eigenvalue weighted by molar-refractivity contribution is 0.662. The Bertz CT molecular complexity index is 816. The maximum absolute atomic E-state index is 11.9. The predicted octanol–water partition coefficient (Wildman–Crippen LogP) is 2.20. The molecular formula is C12H11N5OS2. The van der Waals surface area contributed by atoms with Gasteiger partial charge in [0.2, 0.25) is 0 Å². The number of H-pyrrole nitrogens is 1. The second-order valence-electron chi connectivity index (χ2n) is 4.69. The summed E-state index contributed by atoms with van der Waals surface area (Å²) in [7, 11) is 0. The minimum atomic E-state index is -0.0655. The van der Waals surface area contributed by atoms with Gasteiger partial charge in [-0.1, -0.05) is 11.8 Å². The highest BCUT2D eigenvalue weighted by atomic mass is 32.2. The Kier molecular flexibility index (Phi) is 2.85. The summed E-state index contributed by atoms with van der Waals surface area (Å²) in [4.78, 5) is 19.2. The van der Waals surface area contributed by atoms with Gasteiger partial charge in [0.05, 0.1) is 11.3 Å². The molecule has 0 aromatic carbocycles. The van der Waals surface area contributed by atoms with E-state index in [-0.39, 0.29) is 5.56 Å². The fourth-order valence-electron chi connectivity index (χ4n) is 2.06. The van der Waals surface area contributed by atoms with E-state index in [0.717, 1.165) is 10.7 Å². The number of aromatic nitrogens is 5. The molecule has 0 unspecified atom stereocenters. The van der Waals surface area contributed by atoms with Gasteiger partial charge < -0.3 is 9.55 Å². The monoisotopic (exact) mass is 305 g/mol. The number of nitrogens with one attached hydrogen (secondary N) is 1. The Labute approximate surface area is 122 Å². The van der Waals surface area contributed by atoms with Crippen LogP contribution in [0.4, 0.5) is 0 Å². The first kappa shape index (κ1) is 12.1. The van der Waals surface area contributed by atoms with Crippen LogP contribution in [0.3, 0.4) is 0 Å². The van der Waals surface area contributed by atoms with E-state index in [1.165, 1.54) is 24.2 Å². The van der Waals surface area contributed by atoms with Crippen molar-refractivity contribution in [2.45, 2.75) is 29.8 Å². The lowest BCUT2D eigenvalue weighted by atomic mass is 10.4. The van der Waals surface area contributed by atoms with Gasteiger partial charge in [-0.2, -0.15) is 0 Å². The van der Waals surface area contributed by atoms with Crippen molar-refractivity contribution in [1.29, 1.82) is 0 Å². The number of thiophene rings is 1. The van der Waals surface area contributed by atoms with E-state index in [1.54, 1.807) is 18.1 Å². The Morgan fingerprint density at radius 1 is 1.50 bits per heavy atom. The third-order valence-corrected chi connectivity index (χ3v) is 5.05. The number of nitrogens with zero attached hydrogens (tertiary/aromatic N) is 4. The van der Waals surface area contributed by atoms with Gasteiger partial charge in [-0.05, 0) is 24.3 Å². The summed E-state index contributed by atoms with van der Waals surface area (Å²) in [5, 5.41) is 10.9. The quantitative estimate of drug-likeness (QED) is 0.748. The molecule has 0 radical (unpaired) electrons. The first-order valence-electron chi connectivity index (χ1n) is 6.30. The molecule has 1 fully saturated rings. The highest BCUT2D eigenvalue weighted by Crippen LogP contribution is 2.37. The molecule has 3 heterocycles. The third-order valence-electron chi connectivity index (χ3n) is 3.18. The average molecular weight is 305 g/mol. The van der Waals surface area contributed by atoms with Gasteiger partial charge in [0.25, 0.3) is 5.56 Å². The molecule has 8 heteroatoms. The van der Waals surface area contributed by atoms with E-state index in [1.807, 2.05) is 11.4 Å². The van der Waals surface area contributed by atoms with Crippen molar-refractivity contribution in [1.82, 2.24) is 24.7 Å². The van der Waals surface area contributed by atoms with Gasteiger partial charge in [0, 0.05) is 6.04 Å². The first-order valence-corrected chi connectivity index (χ1v) is 8.16. The highest BCUT2D eigenvalue weighted by molar-refractivity contribution is 7.98. The van der Waals surface area contributed by atoms with Crippen LogP contribution in [-0.2, 0) is 5.75 Å². The predicted molar refractivity (Wildman–Crippen MR) is 78.1 cm³/mol. The molecule has 3 aromatic rings. The molecule has 1 saturated carbocycles. The van der Waals surface area contributed by atoms with E-state index in [4.69, 9.17) is 0 Å². The van der Waals surface area contributed by atoms with Gasteiger partial charge >= 0.3 is 0 Å². The molecule has 6 nitrogen and oxygen atoms in total. The van der Waals surface area contributed by atoms with Gasteiger partial charge in [-0.25, -0.2) is 4.98 Å². The molecule has 0 bridgehead atoms. The van der Waals surface area contributed by atoms with Crippen LogP contribution in [-0.4, -0.2) is 24.7 Å². The molecular weight excluding hydrogens is 294 g/mol. The molecule has 0 amide bonds. The zero-order valence-electron chi connectivity index (χ0n) is 10.4. The normalized spacial score (nSPS) is 15.0. The first-order chi connectivity index (χ1) is 9.81. The molecule has 20 heavy (non-hydrogen) atoms. The zero-order chi connectivity index (χ0) is 13.5. The number of rotatable bonds is 4. The second kappa shape index (κ2) is 4.71. The van der Waals surface area contributed by atoms with Crippen molar-refractivity contribution in [3.8, 4) is 0 Å². The SMILES string of the molecule is O=c1[nH]c(CSc2nncn2C2CC2)nc2ccsc12. The minimum absolute atomic E-state index is 0.0655. The molecule has 1 aliphatic carbocycles. The lowest BCUT2D eigenvalue weighted by Crippen LogP contribution is -2.09. The molecule has 1 aliphatic rings. The summed E-state index contributed by atoms with van der Waals surface area (Å²) in [5.41, 5.74) is 0.697. The molecule has 102 valence electrons. The Morgan fingerprint density at radius 2 is 2.40 bits per heavy atom. The maximum Gasteiger partial charge on any atom is 0.268 e. The fraction of sp³-hybridized carbons (Fsp3) is 0.333. The molecule has 0 aliphatic heterocycles. The van der Waals surface area contributed by atoms with E-state index in [2.05, 4.69) is 24.7 Å². The minimum Gasteiger partial charge on any atom is -0.309 e. The van der Waals surface area contributed by atoms with Gasteiger partial charge in [-0.15, -0.1) is 21.5 Å². The molecule has 1 N–H and O–H groups in total. The second-order valence-corrected chi connectivity index (χ2v) is 6.55. The largest absolute Gasteiger partial charge is 0.309 e. The van der Waals surface area contributed by atoms with Crippen LogP contribution in [0, 0.1) is 0 Å². The Balaban J connectivity index is 1.58. The number of aromatic amines is 1. The lowest BCUT2D eigenvalue weighted by Gasteiger charge is -2.03. The van der Waals surface area contributed by atoms with E-state index < -0.39 is 0 Å². The summed E-state index contributed by atoms with van der Waals surface area (Å²) in [6.45, 7) is 0. The van der Waals surface area contributed by atoms with E-state index >= 15 is 0 Å². The van der Waals surface area contributed by atoms with Crippen LogP contribution in [0.15, 0.2) is 27.7 Å². The van der Waals surface area contributed by atoms with Crippen molar-refractivity contribution in [2.75, 3.05) is 0 Å². The molecule has 0 atom stereocenters. The third kappa shape index (κ3) is 2.14. The van der Waals surface area contributed by atoms with Crippen molar-refractivity contribution in [3.63, 3.8) is 0 Å². The van der Waals surface area contributed by atoms with Crippen LogP contribution >= 0.6 is 23.1 Å². The average Bonchev–Trinajstić information content (AvgIpc) is 3.00. The number of hydrogen-bond donors (Lipinski definition) is 1. The standard InChI is InChI=1S/C12H11N5OS2/c18-11-10-8(3-4-19-10)14-9(15-11)5-20-12-16-13-6-17(12)7-1-2-7/h3-4,6-7H,1-2,5H2,(H,14,15,18). The Hall–Kier alpha value is -1.67. The van der Waals surface area contributed by atoms with Crippen molar-refractivity contribution < 1.29 is 0 Å². The van der Waals surface area contributed by atoms with Crippen LogP contribution in [0.5, 0.6) is 0 Å². The molecule has 0 saturated heterocycles. The van der Waals surface area contributed by atoms with Gasteiger partial charge in [0.15, 0.2) is 5.16 Å². The van der Waals surface area contributed by atoms with Gasteiger partial charge in [-0.3, -0.25) is 4.79 Å². The summed E-state index contributed by atoms with van der Waals surface area (Å²) in [6.07, 6.45) is 4.17. The Morgan fingerprint density at radius 3 is 3.25 bits per heavy atom. The topological polar surface area (TPSA) is 76.5 Å².